The molecule has 0 amide bonds. The Bertz CT molecular complexity index is 261. The second-order valence-electron chi connectivity index (χ2n) is 4.00. The standard InChI is InChI=1S/C12H19N/c1-8(2)11-6-5-7-12(9(11)3)10(4)13/h5-8,10H,13H2,1-4H3. The second kappa shape index (κ2) is 3.93. The minimum atomic E-state index is 0.138. The van der Waals surface area contributed by atoms with Crippen LogP contribution in [0.25, 0.3) is 0 Å². The largest absolute Gasteiger partial charge is 0.324 e. The highest BCUT2D eigenvalue weighted by atomic mass is 14.6. The van der Waals surface area contributed by atoms with Gasteiger partial charge in [0.2, 0.25) is 0 Å². The van der Waals surface area contributed by atoms with Gasteiger partial charge >= 0.3 is 0 Å². The van der Waals surface area contributed by atoms with Crippen molar-refractivity contribution < 1.29 is 0 Å². The predicted molar refractivity (Wildman–Crippen MR) is 57.9 cm³/mol. The van der Waals surface area contributed by atoms with Crippen molar-refractivity contribution in [2.24, 2.45) is 5.73 Å². The summed E-state index contributed by atoms with van der Waals surface area (Å²) in [5, 5.41) is 0. The Hall–Kier alpha value is -0.820. The maximum absolute atomic E-state index is 5.88. The summed E-state index contributed by atoms with van der Waals surface area (Å²) in [6.07, 6.45) is 0. The Balaban J connectivity index is 3.18. The van der Waals surface area contributed by atoms with Crippen LogP contribution in [-0.4, -0.2) is 0 Å². The number of rotatable bonds is 2. The van der Waals surface area contributed by atoms with E-state index < -0.39 is 0 Å². The summed E-state index contributed by atoms with van der Waals surface area (Å²) < 4.78 is 0. The predicted octanol–water partition coefficient (Wildman–Crippen LogP) is 3.14. The van der Waals surface area contributed by atoms with Gasteiger partial charge in [-0.05, 0) is 36.5 Å². The molecule has 13 heavy (non-hydrogen) atoms. The molecule has 1 nitrogen and oxygen atoms in total. The van der Waals surface area contributed by atoms with E-state index in [1.807, 2.05) is 6.92 Å². The monoisotopic (exact) mass is 177 g/mol. The van der Waals surface area contributed by atoms with Crippen LogP contribution in [0.15, 0.2) is 18.2 Å². The van der Waals surface area contributed by atoms with Crippen molar-refractivity contribution in [2.45, 2.75) is 39.7 Å². The second-order valence-corrected chi connectivity index (χ2v) is 4.00. The van der Waals surface area contributed by atoms with Crippen molar-refractivity contribution >= 4 is 0 Å². The highest BCUT2D eigenvalue weighted by Gasteiger charge is 2.08. The van der Waals surface area contributed by atoms with Crippen LogP contribution in [0.4, 0.5) is 0 Å². The molecule has 0 fully saturated rings. The maximum atomic E-state index is 5.88. The van der Waals surface area contributed by atoms with Crippen LogP contribution in [-0.2, 0) is 0 Å². The Kier molecular flexibility index (Phi) is 3.10. The Morgan fingerprint density at radius 3 is 2.08 bits per heavy atom. The maximum Gasteiger partial charge on any atom is 0.0268 e. The van der Waals surface area contributed by atoms with Gasteiger partial charge in [-0.1, -0.05) is 32.0 Å². The normalized spacial score (nSPS) is 13.4. The molecule has 0 heterocycles. The topological polar surface area (TPSA) is 26.0 Å². The van der Waals surface area contributed by atoms with Gasteiger partial charge in [-0.2, -0.15) is 0 Å². The molecule has 0 aliphatic rings. The van der Waals surface area contributed by atoms with Gasteiger partial charge in [0.25, 0.3) is 0 Å². The van der Waals surface area contributed by atoms with Gasteiger partial charge in [-0.3, -0.25) is 0 Å². The highest BCUT2D eigenvalue weighted by molar-refractivity contribution is 5.37. The summed E-state index contributed by atoms with van der Waals surface area (Å²) in [4.78, 5) is 0. The van der Waals surface area contributed by atoms with Gasteiger partial charge in [0, 0.05) is 6.04 Å². The van der Waals surface area contributed by atoms with Crippen molar-refractivity contribution in [3.8, 4) is 0 Å². The number of hydrogen-bond acceptors (Lipinski definition) is 1. The van der Waals surface area contributed by atoms with Gasteiger partial charge in [0.15, 0.2) is 0 Å². The molecule has 0 spiro atoms. The van der Waals surface area contributed by atoms with E-state index >= 15 is 0 Å². The zero-order valence-electron chi connectivity index (χ0n) is 8.96. The van der Waals surface area contributed by atoms with Gasteiger partial charge < -0.3 is 5.73 Å². The molecule has 0 saturated heterocycles. The quantitative estimate of drug-likeness (QED) is 0.738. The summed E-state index contributed by atoms with van der Waals surface area (Å²) in [5.74, 6) is 0.582. The summed E-state index contributed by atoms with van der Waals surface area (Å²) in [7, 11) is 0. The highest BCUT2D eigenvalue weighted by Crippen LogP contribution is 2.24. The molecule has 0 aromatic heterocycles. The van der Waals surface area contributed by atoms with E-state index in [-0.39, 0.29) is 6.04 Å². The first kappa shape index (κ1) is 10.3. The summed E-state index contributed by atoms with van der Waals surface area (Å²) in [6, 6.07) is 6.54. The molecule has 1 aromatic carbocycles. The third kappa shape index (κ3) is 2.10. The van der Waals surface area contributed by atoms with Crippen LogP contribution >= 0.6 is 0 Å². The number of nitrogens with two attached hydrogens (primary N) is 1. The average molecular weight is 177 g/mol. The van der Waals surface area contributed by atoms with E-state index in [0.717, 1.165) is 0 Å². The van der Waals surface area contributed by atoms with Crippen LogP contribution in [0.1, 0.15) is 49.4 Å². The lowest BCUT2D eigenvalue weighted by Crippen LogP contribution is -2.08. The fourth-order valence-electron chi connectivity index (χ4n) is 1.79. The lowest BCUT2D eigenvalue weighted by Gasteiger charge is -2.16. The van der Waals surface area contributed by atoms with E-state index in [2.05, 4.69) is 39.0 Å². The number of benzene rings is 1. The first-order chi connectivity index (χ1) is 6.04. The Morgan fingerprint density at radius 1 is 1.08 bits per heavy atom. The molecule has 1 unspecified atom stereocenters. The number of hydrogen-bond donors (Lipinski definition) is 1. The summed E-state index contributed by atoms with van der Waals surface area (Å²) in [5.41, 5.74) is 9.92. The van der Waals surface area contributed by atoms with E-state index in [0.29, 0.717) is 5.92 Å². The molecule has 72 valence electrons. The lowest BCUT2D eigenvalue weighted by molar-refractivity contribution is 0.790. The molecule has 0 bridgehead atoms. The first-order valence-electron chi connectivity index (χ1n) is 4.89. The van der Waals surface area contributed by atoms with E-state index in [1.54, 1.807) is 0 Å². The molecule has 0 aliphatic heterocycles. The van der Waals surface area contributed by atoms with Crippen molar-refractivity contribution in [2.75, 3.05) is 0 Å². The Morgan fingerprint density at radius 2 is 1.62 bits per heavy atom. The average Bonchev–Trinajstić information content (AvgIpc) is 2.03. The molecule has 1 aromatic rings. The van der Waals surface area contributed by atoms with Crippen molar-refractivity contribution in [1.82, 2.24) is 0 Å². The molecule has 1 heteroatoms. The smallest absolute Gasteiger partial charge is 0.0268 e. The zero-order chi connectivity index (χ0) is 10.0. The molecular formula is C12H19N. The van der Waals surface area contributed by atoms with Crippen molar-refractivity contribution in [3.05, 3.63) is 34.9 Å². The van der Waals surface area contributed by atoms with Gasteiger partial charge in [-0.25, -0.2) is 0 Å². The van der Waals surface area contributed by atoms with Gasteiger partial charge in [-0.15, -0.1) is 0 Å². The third-order valence-corrected chi connectivity index (χ3v) is 2.53. The van der Waals surface area contributed by atoms with Crippen molar-refractivity contribution in [1.29, 1.82) is 0 Å². The van der Waals surface area contributed by atoms with Gasteiger partial charge in [0.1, 0.15) is 0 Å². The SMILES string of the molecule is Cc1c(C(C)C)cccc1C(C)N. The summed E-state index contributed by atoms with van der Waals surface area (Å²) in [6.45, 7) is 8.63. The molecule has 1 rings (SSSR count). The van der Waals surface area contributed by atoms with Crippen molar-refractivity contribution in [3.63, 3.8) is 0 Å². The summed E-state index contributed by atoms with van der Waals surface area (Å²) >= 11 is 0. The molecule has 0 aliphatic carbocycles. The molecule has 1 atom stereocenters. The van der Waals surface area contributed by atoms with Crippen LogP contribution in [0, 0.1) is 6.92 Å². The van der Waals surface area contributed by atoms with Crippen LogP contribution < -0.4 is 5.73 Å². The minimum absolute atomic E-state index is 0.138. The van der Waals surface area contributed by atoms with Crippen LogP contribution in [0.2, 0.25) is 0 Å². The van der Waals surface area contributed by atoms with Gasteiger partial charge in [0.05, 0.1) is 0 Å². The molecule has 0 saturated carbocycles. The fraction of sp³-hybridized carbons (Fsp3) is 0.500. The fourth-order valence-corrected chi connectivity index (χ4v) is 1.79. The molecule has 0 radical (unpaired) electrons. The van der Waals surface area contributed by atoms with Crippen LogP contribution in [0.5, 0.6) is 0 Å². The van der Waals surface area contributed by atoms with E-state index in [1.165, 1.54) is 16.7 Å². The molecule has 2 N–H and O–H groups in total. The third-order valence-electron chi connectivity index (χ3n) is 2.53. The Labute approximate surface area is 81.0 Å². The molecular weight excluding hydrogens is 158 g/mol. The van der Waals surface area contributed by atoms with E-state index in [9.17, 15) is 0 Å². The minimum Gasteiger partial charge on any atom is -0.324 e. The lowest BCUT2D eigenvalue weighted by atomic mass is 9.92. The van der Waals surface area contributed by atoms with E-state index in [4.69, 9.17) is 5.73 Å². The first-order valence-corrected chi connectivity index (χ1v) is 4.89. The zero-order valence-corrected chi connectivity index (χ0v) is 8.96. The van der Waals surface area contributed by atoms with Crippen LogP contribution in [0.3, 0.4) is 0 Å².